The minimum atomic E-state index is -0.544. The monoisotopic (exact) mass is 309 g/mol. The van der Waals surface area contributed by atoms with Crippen LogP contribution in [0.2, 0.25) is 5.15 Å². The lowest BCUT2D eigenvalue weighted by molar-refractivity contribution is -0.384. The van der Waals surface area contributed by atoms with Crippen LogP contribution in [0.1, 0.15) is 30.4 Å². The third-order valence-electron chi connectivity index (χ3n) is 2.70. The summed E-state index contributed by atoms with van der Waals surface area (Å²) >= 11 is 5.60. The lowest BCUT2D eigenvalue weighted by Crippen LogP contribution is -2.18. The van der Waals surface area contributed by atoms with Crippen molar-refractivity contribution >= 4 is 29.0 Å². The van der Waals surface area contributed by atoms with Crippen LogP contribution in [0.15, 0.2) is 24.7 Å². The number of amides is 1. The van der Waals surface area contributed by atoms with Gasteiger partial charge < -0.3 is 9.88 Å². The number of anilines is 1. The third kappa shape index (κ3) is 3.34. The summed E-state index contributed by atoms with van der Waals surface area (Å²) in [7, 11) is 0. The molecule has 1 amide bonds. The van der Waals surface area contributed by atoms with Crippen LogP contribution in [0.3, 0.4) is 0 Å². The lowest BCUT2D eigenvalue weighted by Gasteiger charge is -2.11. The van der Waals surface area contributed by atoms with Crippen molar-refractivity contribution in [3.63, 3.8) is 0 Å². The molecule has 0 atom stereocenters. The fourth-order valence-electron chi connectivity index (χ4n) is 1.73. The van der Waals surface area contributed by atoms with E-state index in [0.717, 1.165) is 0 Å². The number of nitro groups is 1. The Morgan fingerprint density at radius 1 is 1.43 bits per heavy atom. The normalized spacial score (nSPS) is 10.7. The van der Waals surface area contributed by atoms with E-state index in [1.165, 1.54) is 29.2 Å². The average molecular weight is 310 g/mol. The Labute approximate surface area is 124 Å². The van der Waals surface area contributed by atoms with Gasteiger partial charge in [0, 0.05) is 12.1 Å². The summed E-state index contributed by atoms with van der Waals surface area (Å²) in [5.74, 6) is -0.294. The lowest BCUT2D eigenvalue weighted by atomic mass is 10.3. The van der Waals surface area contributed by atoms with Gasteiger partial charge in [0.15, 0.2) is 5.82 Å². The van der Waals surface area contributed by atoms with Gasteiger partial charge in [0.25, 0.3) is 11.6 Å². The first-order valence-electron chi connectivity index (χ1n) is 6.03. The predicted octanol–water partition coefficient (Wildman–Crippen LogP) is 2.67. The van der Waals surface area contributed by atoms with E-state index in [0.29, 0.717) is 0 Å². The molecule has 2 rings (SSSR count). The summed E-state index contributed by atoms with van der Waals surface area (Å²) in [5.41, 5.74) is 0.0319. The number of halogens is 1. The Bertz CT molecular complexity index is 681. The molecule has 2 aromatic heterocycles. The highest BCUT2D eigenvalue weighted by Gasteiger charge is 2.21. The van der Waals surface area contributed by atoms with Crippen LogP contribution in [-0.4, -0.2) is 25.4 Å². The molecule has 0 aliphatic rings. The van der Waals surface area contributed by atoms with Gasteiger partial charge in [-0.05, 0) is 13.8 Å². The number of aromatic nitrogens is 3. The van der Waals surface area contributed by atoms with E-state index in [1.54, 1.807) is 0 Å². The van der Waals surface area contributed by atoms with Crippen molar-refractivity contribution in [1.29, 1.82) is 0 Å². The largest absolute Gasteiger partial charge is 0.335 e. The van der Waals surface area contributed by atoms with Crippen LogP contribution < -0.4 is 5.32 Å². The smallest absolute Gasteiger partial charge is 0.287 e. The summed E-state index contributed by atoms with van der Waals surface area (Å²) in [6, 6.07) is 1.12. The van der Waals surface area contributed by atoms with Crippen molar-refractivity contribution < 1.29 is 9.72 Å². The molecule has 0 aliphatic heterocycles. The molecule has 0 fully saturated rings. The van der Waals surface area contributed by atoms with Gasteiger partial charge in [-0.3, -0.25) is 14.9 Å². The third-order valence-corrected chi connectivity index (χ3v) is 2.89. The average Bonchev–Trinajstić information content (AvgIpc) is 2.87. The van der Waals surface area contributed by atoms with Gasteiger partial charge in [0.05, 0.1) is 23.5 Å². The molecule has 0 aliphatic carbocycles. The highest BCUT2D eigenvalue weighted by Crippen LogP contribution is 2.21. The minimum Gasteiger partial charge on any atom is -0.335 e. The SMILES string of the molecule is CC(C)n1cc([N+](=O)[O-])cc1C(=O)Nc1cnc(Cl)cn1. The Balaban J connectivity index is 2.29. The molecule has 2 heterocycles. The Morgan fingerprint density at radius 3 is 2.67 bits per heavy atom. The number of nitrogens with one attached hydrogen (secondary N) is 1. The second kappa shape index (κ2) is 5.88. The Morgan fingerprint density at radius 2 is 2.14 bits per heavy atom. The molecule has 0 saturated carbocycles. The van der Waals surface area contributed by atoms with Crippen molar-refractivity contribution in [3.05, 3.63) is 45.6 Å². The zero-order valence-electron chi connectivity index (χ0n) is 11.3. The van der Waals surface area contributed by atoms with E-state index >= 15 is 0 Å². The van der Waals surface area contributed by atoms with Crippen LogP contribution in [0.25, 0.3) is 0 Å². The van der Waals surface area contributed by atoms with Crippen LogP contribution in [0, 0.1) is 10.1 Å². The van der Waals surface area contributed by atoms with E-state index in [-0.39, 0.29) is 28.4 Å². The second-order valence-electron chi connectivity index (χ2n) is 4.52. The van der Waals surface area contributed by atoms with E-state index in [2.05, 4.69) is 15.3 Å². The highest BCUT2D eigenvalue weighted by molar-refractivity contribution is 6.29. The summed E-state index contributed by atoms with van der Waals surface area (Å²) in [6.07, 6.45) is 3.92. The molecule has 110 valence electrons. The second-order valence-corrected chi connectivity index (χ2v) is 4.91. The number of nitrogens with zero attached hydrogens (tertiary/aromatic N) is 4. The maximum absolute atomic E-state index is 12.2. The molecule has 9 heteroatoms. The molecule has 0 aromatic carbocycles. The molecule has 1 N–H and O–H groups in total. The standard InChI is InChI=1S/C12H12ClN5O3/c1-7(2)17-6-8(18(20)21)3-9(17)12(19)16-11-5-14-10(13)4-15-11/h3-7H,1-2H3,(H,15,16,19). The first kappa shape index (κ1) is 14.9. The maximum Gasteiger partial charge on any atom is 0.287 e. The molecule has 21 heavy (non-hydrogen) atoms. The molecule has 0 spiro atoms. The van der Waals surface area contributed by atoms with Gasteiger partial charge in [-0.25, -0.2) is 9.97 Å². The molecule has 0 saturated heterocycles. The number of rotatable bonds is 4. The van der Waals surface area contributed by atoms with Gasteiger partial charge in [0.1, 0.15) is 10.8 Å². The van der Waals surface area contributed by atoms with E-state index in [1.807, 2.05) is 13.8 Å². The molecular weight excluding hydrogens is 298 g/mol. The van der Waals surface area contributed by atoms with E-state index in [9.17, 15) is 14.9 Å². The van der Waals surface area contributed by atoms with Crippen molar-refractivity contribution in [3.8, 4) is 0 Å². The quantitative estimate of drug-likeness (QED) is 0.690. The first-order valence-corrected chi connectivity index (χ1v) is 6.41. The number of hydrogen-bond acceptors (Lipinski definition) is 5. The summed E-state index contributed by atoms with van der Waals surface area (Å²) in [6.45, 7) is 3.64. The van der Waals surface area contributed by atoms with Gasteiger partial charge in [-0.1, -0.05) is 11.6 Å². The maximum atomic E-state index is 12.2. The van der Waals surface area contributed by atoms with Crippen LogP contribution in [-0.2, 0) is 0 Å². The van der Waals surface area contributed by atoms with Crippen LogP contribution in [0.4, 0.5) is 11.5 Å². The molecule has 0 bridgehead atoms. The summed E-state index contributed by atoms with van der Waals surface area (Å²) < 4.78 is 1.52. The van der Waals surface area contributed by atoms with Crippen molar-refractivity contribution in [1.82, 2.24) is 14.5 Å². The summed E-state index contributed by atoms with van der Waals surface area (Å²) in [4.78, 5) is 30.2. The fourth-order valence-corrected chi connectivity index (χ4v) is 1.83. The van der Waals surface area contributed by atoms with Crippen molar-refractivity contribution in [2.45, 2.75) is 19.9 Å². The molecule has 2 aromatic rings. The van der Waals surface area contributed by atoms with Crippen molar-refractivity contribution in [2.75, 3.05) is 5.32 Å². The van der Waals surface area contributed by atoms with Crippen molar-refractivity contribution in [2.24, 2.45) is 0 Å². The Kier molecular flexibility index (Phi) is 4.18. The van der Waals surface area contributed by atoms with Gasteiger partial charge in [0.2, 0.25) is 0 Å². The Hall–Kier alpha value is -2.48. The van der Waals surface area contributed by atoms with E-state index in [4.69, 9.17) is 11.6 Å². The number of carbonyl (C=O) groups is 1. The fraction of sp³-hybridized carbons (Fsp3) is 0.250. The van der Waals surface area contributed by atoms with Crippen LogP contribution in [0.5, 0.6) is 0 Å². The van der Waals surface area contributed by atoms with E-state index < -0.39 is 10.8 Å². The number of carbonyl (C=O) groups excluding carboxylic acids is 1. The topological polar surface area (TPSA) is 103 Å². The molecular formula is C12H12ClN5O3. The predicted molar refractivity (Wildman–Crippen MR) is 76.5 cm³/mol. The van der Waals surface area contributed by atoms with Gasteiger partial charge in [-0.15, -0.1) is 0 Å². The summed E-state index contributed by atoms with van der Waals surface area (Å²) in [5, 5.41) is 13.6. The van der Waals surface area contributed by atoms with Gasteiger partial charge >= 0.3 is 0 Å². The zero-order valence-corrected chi connectivity index (χ0v) is 12.0. The molecule has 0 unspecified atom stereocenters. The molecule has 8 nitrogen and oxygen atoms in total. The minimum absolute atomic E-state index is 0.101. The number of hydrogen-bond donors (Lipinski definition) is 1. The van der Waals surface area contributed by atoms with Crippen LogP contribution >= 0.6 is 11.6 Å². The highest BCUT2D eigenvalue weighted by atomic mass is 35.5. The first-order chi connectivity index (χ1) is 9.88. The zero-order chi connectivity index (χ0) is 15.6. The van der Waals surface area contributed by atoms with Gasteiger partial charge in [-0.2, -0.15) is 0 Å². The molecule has 0 radical (unpaired) electrons.